The van der Waals surface area contributed by atoms with Crippen molar-refractivity contribution in [1.82, 2.24) is 15.3 Å². The average Bonchev–Trinajstić information content (AvgIpc) is 2.75. The lowest BCUT2D eigenvalue weighted by Crippen LogP contribution is -2.51. The Balaban J connectivity index is 1.77. The second-order valence-corrected chi connectivity index (χ2v) is 8.55. The molecule has 0 fully saturated rings. The minimum absolute atomic E-state index is 0.00630. The highest BCUT2D eigenvalue weighted by Gasteiger charge is 2.39. The maximum atomic E-state index is 13.0. The van der Waals surface area contributed by atoms with Crippen molar-refractivity contribution in [3.63, 3.8) is 0 Å². The first kappa shape index (κ1) is 21.4. The largest absolute Gasteiger partial charge is 0.396 e. The van der Waals surface area contributed by atoms with Crippen molar-refractivity contribution in [1.29, 1.82) is 0 Å². The van der Waals surface area contributed by atoms with Gasteiger partial charge < -0.3 is 10.2 Å². The first-order valence-corrected chi connectivity index (χ1v) is 11.0. The molecule has 1 atom stereocenters. The van der Waals surface area contributed by atoms with E-state index < -0.39 is 29.7 Å². The van der Waals surface area contributed by atoms with Crippen molar-refractivity contribution in [2.45, 2.75) is 13.0 Å². The highest BCUT2D eigenvalue weighted by Crippen LogP contribution is 2.37. The maximum Gasteiger partial charge on any atom is 0.275 e. The van der Waals surface area contributed by atoms with Crippen LogP contribution in [0.15, 0.2) is 24.3 Å². The summed E-state index contributed by atoms with van der Waals surface area (Å²) >= 11 is 1.43. The van der Waals surface area contributed by atoms with Crippen LogP contribution < -0.4 is 5.43 Å². The van der Waals surface area contributed by atoms with E-state index in [-0.39, 0.29) is 42.0 Å². The summed E-state index contributed by atoms with van der Waals surface area (Å²) < 4.78 is 0. The van der Waals surface area contributed by atoms with Crippen molar-refractivity contribution < 1.29 is 29.4 Å². The number of aliphatic hydroxyl groups excluding tert-OH is 2. The average molecular weight is 443 g/mol. The lowest BCUT2D eigenvalue weighted by Gasteiger charge is -2.32. The number of hydrazine groups is 1. The normalized spacial score (nSPS) is 16.5. The van der Waals surface area contributed by atoms with Crippen LogP contribution in [0.1, 0.15) is 48.4 Å². The Morgan fingerprint density at radius 3 is 1.81 bits per heavy atom. The van der Waals surface area contributed by atoms with Gasteiger partial charge in [-0.2, -0.15) is 11.8 Å². The molecular weight excluding hydrogens is 422 g/mol. The van der Waals surface area contributed by atoms with E-state index in [1.54, 1.807) is 0 Å². The number of nitrogens with zero attached hydrogens (tertiary/aromatic N) is 2. The Hall–Kier alpha value is -2.79. The lowest BCUT2D eigenvalue weighted by molar-refractivity contribution is 0.0481. The number of carbonyl (C=O) groups excluding carboxylic acids is 4. The van der Waals surface area contributed by atoms with E-state index in [1.807, 2.05) is 0 Å². The number of hydrogen-bond donors (Lipinski definition) is 3. The lowest BCUT2D eigenvalue weighted by atomic mass is 9.86. The summed E-state index contributed by atoms with van der Waals surface area (Å²) in [5.41, 5.74) is 3.60. The highest BCUT2D eigenvalue weighted by molar-refractivity contribution is 7.99. The molecular formula is C21H21N3O6S. The van der Waals surface area contributed by atoms with Gasteiger partial charge in [0.05, 0.1) is 23.8 Å². The second-order valence-electron chi connectivity index (χ2n) is 7.33. The summed E-state index contributed by atoms with van der Waals surface area (Å²) in [6.07, 6.45) is -0.769. The first-order chi connectivity index (χ1) is 14.9. The molecule has 0 aromatic heterocycles. The van der Waals surface area contributed by atoms with Gasteiger partial charge in [-0.15, -0.1) is 0 Å². The minimum atomic E-state index is -0.769. The molecule has 0 aliphatic carbocycles. The van der Waals surface area contributed by atoms with Gasteiger partial charge in [-0.25, -0.2) is 10.4 Å². The number of hydrogen-bond acceptors (Lipinski definition) is 8. The van der Waals surface area contributed by atoms with Crippen LogP contribution in [-0.2, 0) is 0 Å². The Morgan fingerprint density at radius 2 is 1.35 bits per heavy atom. The molecule has 10 heteroatoms. The van der Waals surface area contributed by atoms with E-state index in [1.165, 1.54) is 43.0 Å². The number of aliphatic hydroxyl groups is 2. The second kappa shape index (κ2) is 8.39. The predicted octanol–water partition coefficient (Wildman–Crippen LogP) is 0.643. The van der Waals surface area contributed by atoms with Crippen molar-refractivity contribution in [3.05, 3.63) is 46.5 Å². The quantitative estimate of drug-likeness (QED) is 0.401. The monoisotopic (exact) mass is 443 g/mol. The summed E-state index contributed by atoms with van der Waals surface area (Å²) in [6.45, 7) is 1.75. The minimum Gasteiger partial charge on any atom is -0.396 e. The Bertz CT molecular complexity index is 1050. The number of thioether (sulfide) groups is 1. The van der Waals surface area contributed by atoms with Crippen molar-refractivity contribution in [3.8, 4) is 0 Å². The standard InChI is InChI=1S/C21H21N3O6S/c1-11(26)10-22-24-20(29)14-4-2-12-16-13(3-5-15(17(14)16)21(24)30)19(28)23(18(12)27)6-8-31-9-7-25/h2-5,11,22,25-26H,6-10H2,1H3. The fraction of sp³-hybridized carbons (Fsp3) is 0.333. The van der Waals surface area contributed by atoms with Crippen LogP contribution in [0, 0.1) is 0 Å². The van der Waals surface area contributed by atoms with Gasteiger partial charge in [-0.1, -0.05) is 0 Å². The molecule has 2 aromatic rings. The topological polar surface area (TPSA) is 127 Å². The third-order valence-electron chi connectivity index (χ3n) is 5.22. The molecule has 0 saturated carbocycles. The molecule has 0 bridgehead atoms. The van der Waals surface area contributed by atoms with Crippen LogP contribution in [0.3, 0.4) is 0 Å². The van der Waals surface area contributed by atoms with E-state index in [9.17, 15) is 24.3 Å². The molecule has 1 unspecified atom stereocenters. The summed E-state index contributed by atoms with van der Waals surface area (Å²) in [6, 6.07) is 5.99. The molecule has 3 N–H and O–H groups in total. The number of carbonyl (C=O) groups is 4. The van der Waals surface area contributed by atoms with Crippen LogP contribution in [0.25, 0.3) is 10.8 Å². The van der Waals surface area contributed by atoms with Gasteiger partial charge in [0.1, 0.15) is 0 Å². The van der Waals surface area contributed by atoms with E-state index in [0.717, 1.165) is 9.91 Å². The Morgan fingerprint density at radius 1 is 0.871 bits per heavy atom. The number of rotatable bonds is 8. The molecule has 4 amide bonds. The van der Waals surface area contributed by atoms with E-state index >= 15 is 0 Å². The van der Waals surface area contributed by atoms with Gasteiger partial charge in [0, 0.05) is 46.5 Å². The number of nitrogens with one attached hydrogen (secondary N) is 1. The zero-order chi connectivity index (χ0) is 22.3. The SMILES string of the molecule is CC(O)CNN1C(=O)c2ccc3c4c(ccc(c24)C1=O)C(=O)N(CCSCCO)C3=O. The summed E-state index contributed by atoms with van der Waals surface area (Å²) in [5.74, 6) is -1.15. The Labute approximate surface area is 182 Å². The molecule has 0 radical (unpaired) electrons. The fourth-order valence-electron chi connectivity index (χ4n) is 3.82. The van der Waals surface area contributed by atoms with Gasteiger partial charge in [-0.3, -0.25) is 24.1 Å². The number of benzene rings is 2. The fourth-order valence-corrected chi connectivity index (χ4v) is 4.46. The third kappa shape index (κ3) is 3.51. The molecule has 4 rings (SSSR count). The van der Waals surface area contributed by atoms with E-state index in [4.69, 9.17) is 5.11 Å². The third-order valence-corrected chi connectivity index (χ3v) is 6.16. The molecule has 2 aromatic carbocycles. The summed E-state index contributed by atoms with van der Waals surface area (Å²) in [5, 5.41) is 19.9. The van der Waals surface area contributed by atoms with Crippen LogP contribution in [-0.4, -0.2) is 81.1 Å². The molecule has 0 saturated heterocycles. The van der Waals surface area contributed by atoms with Crippen LogP contribution in [0.4, 0.5) is 0 Å². The highest BCUT2D eigenvalue weighted by atomic mass is 32.2. The van der Waals surface area contributed by atoms with Gasteiger partial charge in [0.25, 0.3) is 23.6 Å². The van der Waals surface area contributed by atoms with Crippen LogP contribution in [0.2, 0.25) is 0 Å². The molecule has 9 nitrogen and oxygen atoms in total. The molecule has 2 aliphatic rings. The van der Waals surface area contributed by atoms with Crippen molar-refractivity contribution in [2.24, 2.45) is 0 Å². The summed E-state index contributed by atoms with van der Waals surface area (Å²) in [7, 11) is 0. The molecule has 2 aliphatic heterocycles. The van der Waals surface area contributed by atoms with E-state index in [2.05, 4.69) is 5.43 Å². The van der Waals surface area contributed by atoms with Crippen molar-refractivity contribution in [2.75, 3.05) is 31.2 Å². The van der Waals surface area contributed by atoms with Crippen molar-refractivity contribution >= 4 is 46.2 Å². The first-order valence-electron chi connectivity index (χ1n) is 9.81. The predicted molar refractivity (Wildman–Crippen MR) is 114 cm³/mol. The van der Waals surface area contributed by atoms with Gasteiger partial charge in [0.2, 0.25) is 0 Å². The van der Waals surface area contributed by atoms with Gasteiger partial charge in [-0.05, 0) is 31.2 Å². The smallest absolute Gasteiger partial charge is 0.275 e. The molecule has 0 spiro atoms. The summed E-state index contributed by atoms with van der Waals surface area (Å²) in [4.78, 5) is 53.1. The van der Waals surface area contributed by atoms with Crippen LogP contribution in [0.5, 0.6) is 0 Å². The zero-order valence-corrected chi connectivity index (χ0v) is 17.6. The zero-order valence-electron chi connectivity index (χ0n) is 16.8. The maximum absolute atomic E-state index is 13.0. The van der Waals surface area contributed by atoms with E-state index in [0.29, 0.717) is 22.3 Å². The molecule has 31 heavy (non-hydrogen) atoms. The Kier molecular flexibility index (Phi) is 5.80. The molecule has 2 heterocycles. The number of amides is 4. The van der Waals surface area contributed by atoms with Gasteiger partial charge in [0.15, 0.2) is 0 Å². The number of imide groups is 2. The molecule has 162 valence electrons. The van der Waals surface area contributed by atoms with Crippen LogP contribution >= 0.6 is 11.8 Å². The van der Waals surface area contributed by atoms with Gasteiger partial charge >= 0.3 is 0 Å².